The lowest BCUT2D eigenvalue weighted by Gasteiger charge is -2.16. The summed E-state index contributed by atoms with van der Waals surface area (Å²) in [6.45, 7) is 8.98. The average Bonchev–Trinajstić information content (AvgIpc) is 2.53. The summed E-state index contributed by atoms with van der Waals surface area (Å²) in [5.41, 5.74) is 1.10. The standard InChI is InChI=1S/C17H29N3O/c1-5-14(6-2)12-19-17(18-7-3)20-13-15-10-8-9-11-16(15)21-4/h8-11,14H,5-7,12-13H2,1-4H3,(H2,18,19,20). The van der Waals surface area contributed by atoms with Crippen LogP contribution in [0.1, 0.15) is 39.2 Å². The van der Waals surface area contributed by atoms with E-state index < -0.39 is 0 Å². The maximum atomic E-state index is 5.36. The Labute approximate surface area is 129 Å². The molecule has 0 aromatic heterocycles. The normalized spacial score (nSPS) is 11.6. The molecule has 0 unspecified atom stereocenters. The Morgan fingerprint density at radius 1 is 1.14 bits per heavy atom. The van der Waals surface area contributed by atoms with Crippen molar-refractivity contribution in [3.63, 3.8) is 0 Å². The number of nitrogens with zero attached hydrogens (tertiary/aromatic N) is 1. The summed E-state index contributed by atoms with van der Waals surface area (Å²) >= 11 is 0. The van der Waals surface area contributed by atoms with Gasteiger partial charge in [-0.2, -0.15) is 0 Å². The van der Waals surface area contributed by atoms with Crippen molar-refractivity contribution in [2.75, 3.05) is 20.2 Å². The second-order valence-corrected chi connectivity index (χ2v) is 5.07. The fourth-order valence-corrected chi connectivity index (χ4v) is 2.16. The van der Waals surface area contributed by atoms with Gasteiger partial charge in [0.05, 0.1) is 13.7 Å². The maximum Gasteiger partial charge on any atom is 0.191 e. The highest BCUT2D eigenvalue weighted by molar-refractivity contribution is 5.79. The summed E-state index contributed by atoms with van der Waals surface area (Å²) in [7, 11) is 1.69. The lowest BCUT2D eigenvalue weighted by atomic mass is 10.0. The Balaban J connectivity index is 2.66. The van der Waals surface area contributed by atoms with E-state index in [2.05, 4.69) is 36.4 Å². The smallest absolute Gasteiger partial charge is 0.191 e. The molecule has 0 spiro atoms. The fourth-order valence-electron chi connectivity index (χ4n) is 2.16. The monoisotopic (exact) mass is 291 g/mol. The minimum atomic E-state index is 0.613. The van der Waals surface area contributed by atoms with Gasteiger partial charge in [0.15, 0.2) is 5.96 Å². The molecule has 0 saturated carbocycles. The lowest BCUT2D eigenvalue weighted by molar-refractivity contribution is 0.410. The predicted molar refractivity (Wildman–Crippen MR) is 89.9 cm³/mol. The van der Waals surface area contributed by atoms with Gasteiger partial charge in [-0.15, -0.1) is 0 Å². The summed E-state index contributed by atoms with van der Waals surface area (Å²) in [6, 6.07) is 8.00. The topological polar surface area (TPSA) is 45.7 Å². The lowest BCUT2D eigenvalue weighted by Crippen LogP contribution is -2.39. The van der Waals surface area contributed by atoms with Crippen LogP contribution < -0.4 is 15.4 Å². The van der Waals surface area contributed by atoms with E-state index in [0.29, 0.717) is 12.5 Å². The molecule has 1 aromatic rings. The number of guanidine groups is 1. The summed E-state index contributed by atoms with van der Waals surface area (Å²) in [5.74, 6) is 2.45. The summed E-state index contributed by atoms with van der Waals surface area (Å²) in [6.07, 6.45) is 2.38. The minimum Gasteiger partial charge on any atom is -0.496 e. The number of rotatable bonds is 8. The number of benzene rings is 1. The van der Waals surface area contributed by atoms with Crippen molar-refractivity contribution in [3.05, 3.63) is 29.8 Å². The molecule has 0 amide bonds. The quantitative estimate of drug-likeness (QED) is 0.571. The van der Waals surface area contributed by atoms with Gasteiger partial charge in [0, 0.05) is 18.7 Å². The van der Waals surface area contributed by atoms with Gasteiger partial charge in [-0.3, -0.25) is 0 Å². The van der Waals surface area contributed by atoms with Crippen LogP contribution in [-0.2, 0) is 6.54 Å². The molecule has 4 nitrogen and oxygen atoms in total. The Morgan fingerprint density at radius 3 is 2.48 bits per heavy atom. The number of methoxy groups -OCH3 is 1. The molecule has 1 rings (SSSR count). The van der Waals surface area contributed by atoms with E-state index in [1.54, 1.807) is 7.11 Å². The van der Waals surface area contributed by atoms with E-state index in [4.69, 9.17) is 4.74 Å². The van der Waals surface area contributed by atoms with E-state index in [1.165, 1.54) is 12.8 Å². The van der Waals surface area contributed by atoms with Crippen molar-refractivity contribution in [1.29, 1.82) is 0 Å². The highest BCUT2D eigenvalue weighted by Crippen LogP contribution is 2.17. The van der Waals surface area contributed by atoms with Crippen LogP contribution in [0.5, 0.6) is 5.75 Å². The molecule has 0 heterocycles. The zero-order valence-electron chi connectivity index (χ0n) is 13.8. The van der Waals surface area contributed by atoms with Crippen molar-refractivity contribution in [2.24, 2.45) is 10.9 Å². The molecule has 2 N–H and O–H groups in total. The van der Waals surface area contributed by atoms with Crippen LogP contribution in [0.2, 0.25) is 0 Å². The number of hydrogen-bond donors (Lipinski definition) is 2. The zero-order chi connectivity index (χ0) is 15.5. The number of para-hydroxylation sites is 1. The number of hydrogen-bond acceptors (Lipinski definition) is 2. The van der Waals surface area contributed by atoms with Crippen LogP contribution in [0.4, 0.5) is 0 Å². The van der Waals surface area contributed by atoms with Gasteiger partial charge in [-0.25, -0.2) is 4.99 Å². The maximum absolute atomic E-state index is 5.36. The largest absolute Gasteiger partial charge is 0.496 e. The molecule has 1 aromatic carbocycles. The molecule has 0 atom stereocenters. The molecule has 0 aliphatic heterocycles. The third kappa shape index (κ3) is 6.06. The third-order valence-corrected chi connectivity index (χ3v) is 3.66. The SMILES string of the molecule is CCNC(=NCc1ccccc1OC)NCC(CC)CC. The van der Waals surface area contributed by atoms with E-state index in [1.807, 2.05) is 24.3 Å². The van der Waals surface area contributed by atoms with Crippen LogP contribution in [-0.4, -0.2) is 26.2 Å². The molecule has 21 heavy (non-hydrogen) atoms. The second kappa shape index (κ2) is 10.1. The van der Waals surface area contributed by atoms with Crippen molar-refractivity contribution in [2.45, 2.75) is 40.2 Å². The van der Waals surface area contributed by atoms with Crippen LogP contribution in [0, 0.1) is 5.92 Å². The first-order valence-electron chi connectivity index (χ1n) is 7.89. The van der Waals surface area contributed by atoms with Gasteiger partial charge in [-0.05, 0) is 18.9 Å². The molecule has 0 aliphatic carbocycles. The minimum absolute atomic E-state index is 0.613. The van der Waals surface area contributed by atoms with E-state index in [0.717, 1.165) is 30.4 Å². The van der Waals surface area contributed by atoms with Gasteiger partial charge in [0.1, 0.15) is 5.75 Å². The van der Waals surface area contributed by atoms with Gasteiger partial charge >= 0.3 is 0 Å². The van der Waals surface area contributed by atoms with E-state index in [-0.39, 0.29) is 0 Å². The Kier molecular flexibility index (Phi) is 8.32. The van der Waals surface area contributed by atoms with Gasteiger partial charge in [0.2, 0.25) is 0 Å². The zero-order valence-corrected chi connectivity index (χ0v) is 13.8. The van der Waals surface area contributed by atoms with E-state index >= 15 is 0 Å². The number of aliphatic imine (C=N–C) groups is 1. The second-order valence-electron chi connectivity index (χ2n) is 5.07. The third-order valence-electron chi connectivity index (χ3n) is 3.66. The summed E-state index contributed by atoms with van der Waals surface area (Å²) in [5, 5.41) is 6.72. The number of ether oxygens (including phenoxy) is 1. The van der Waals surface area contributed by atoms with Gasteiger partial charge in [0.25, 0.3) is 0 Å². The van der Waals surface area contributed by atoms with Crippen molar-refractivity contribution < 1.29 is 4.74 Å². The van der Waals surface area contributed by atoms with Crippen LogP contribution in [0.3, 0.4) is 0 Å². The highest BCUT2D eigenvalue weighted by Gasteiger charge is 2.05. The molecular weight excluding hydrogens is 262 g/mol. The van der Waals surface area contributed by atoms with Crippen molar-refractivity contribution >= 4 is 5.96 Å². The first-order valence-corrected chi connectivity index (χ1v) is 7.89. The van der Waals surface area contributed by atoms with Gasteiger partial charge in [-0.1, -0.05) is 44.9 Å². The predicted octanol–water partition coefficient (Wildman–Crippen LogP) is 3.19. The van der Waals surface area contributed by atoms with E-state index in [9.17, 15) is 0 Å². The van der Waals surface area contributed by atoms with Crippen molar-refractivity contribution in [3.8, 4) is 5.75 Å². The van der Waals surface area contributed by atoms with Crippen molar-refractivity contribution in [1.82, 2.24) is 10.6 Å². The Morgan fingerprint density at radius 2 is 1.86 bits per heavy atom. The Hall–Kier alpha value is -1.71. The molecule has 0 radical (unpaired) electrons. The molecule has 0 saturated heterocycles. The summed E-state index contributed by atoms with van der Waals surface area (Å²) < 4.78 is 5.36. The molecule has 0 aliphatic rings. The fraction of sp³-hybridized carbons (Fsp3) is 0.588. The van der Waals surface area contributed by atoms with Crippen LogP contribution in [0.15, 0.2) is 29.3 Å². The number of nitrogens with one attached hydrogen (secondary N) is 2. The van der Waals surface area contributed by atoms with Crippen LogP contribution >= 0.6 is 0 Å². The van der Waals surface area contributed by atoms with Crippen LogP contribution in [0.25, 0.3) is 0 Å². The molecule has 0 fully saturated rings. The van der Waals surface area contributed by atoms with Gasteiger partial charge < -0.3 is 15.4 Å². The molecule has 0 bridgehead atoms. The first kappa shape index (κ1) is 17.3. The highest BCUT2D eigenvalue weighted by atomic mass is 16.5. The first-order chi connectivity index (χ1) is 10.2. The molecular formula is C17H29N3O. The average molecular weight is 291 g/mol. The molecule has 4 heteroatoms. The summed E-state index contributed by atoms with van der Waals surface area (Å²) in [4.78, 5) is 4.65. The Bertz CT molecular complexity index is 428. The molecule has 118 valence electrons.